The van der Waals surface area contributed by atoms with Gasteiger partial charge in [0.25, 0.3) is 0 Å². The van der Waals surface area contributed by atoms with Crippen molar-refractivity contribution in [3.05, 3.63) is 203 Å². The van der Waals surface area contributed by atoms with Gasteiger partial charge in [0, 0.05) is 60.2 Å². The van der Waals surface area contributed by atoms with Gasteiger partial charge in [0.1, 0.15) is 0 Å². The number of rotatable bonds is 4. The number of aryl methyl sites for hydroxylation is 7. The first kappa shape index (κ1) is 37.7. The molecule has 65 heavy (non-hydrogen) atoms. The van der Waals surface area contributed by atoms with Gasteiger partial charge in [0.05, 0.1) is 49.8 Å². The van der Waals surface area contributed by atoms with Gasteiger partial charge in [-0.05, 0) is 164 Å². The van der Waals surface area contributed by atoms with Crippen molar-refractivity contribution in [1.82, 2.24) is 18.3 Å². The van der Waals surface area contributed by atoms with Crippen molar-refractivity contribution in [2.75, 3.05) is 0 Å². The molecule has 0 saturated carbocycles. The van der Waals surface area contributed by atoms with Gasteiger partial charge in [-0.15, -0.1) is 0 Å². The first-order valence-corrected chi connectivity index (χ1v) is 22.8. The zero-order valence-corrected chi connectivity index (χ0v) is 37.9. The summed E-state index contributed by atoms with van der Waals surface area (Å²) in [6.07, 6.45) is 0. The Bertz CT molecular complexity index is 4060. The Morgan fingerprint density at radius 3 is 0.938 bits per heavy atom. The molecule has 0 fully saturated rings. The summed E-state index contributed by atoms with van der Waals surface area (Å²) in [5.74, 6) is 0. The van der Waals surface area contributed by atoms with Crippen LogP contribution in [0.4, 0.5) is 0 Å². The molecule has 13 aromatic rings. The van der Waals surface area contributed by atoms with Gasteiger partial charge in [-0.25, -0.2) is 0 Å². The number of fused-ring (bicyclic) bond motifs is 12. The second kappa shape index (κ2) is 13.6. The molecule has 0 spiro atoms. The van der Waals surface area contributed by atoms with E-state index in [0.717, 1.165) is 17.1 Å². The molecule has 13 rings (SSSR count). The molecule has 0 aliphatic heterocycles. The molecule has 4 heterocycles. The van der Waals surface area contributed by atoms with Gasteiger partial charge in [0.15, 0.2) is 0 Å². The Balaban J connectivity index is 1.21. The molecule has 0 radical (unpaired) electrons. The standard InChI is InChI=1S/C61H48N4/c1-35-8-16-42(17-9-35)62-53-19-10-38(4)30-49(53)51-32-43(18-25-56(51)62)64-57-22-13-41(7)31-50(57)52-33-44(63-54-20-11-36(2)26-45(54)46-27-37(3)12-21-55(46)63)34-60(61(52)64)65-58-23-14-39(5)28-47(58)48-29-40(6)15-24-59(48)65/h8-34H,1-7H3. The van der Waals surface area contributed by atoms with Crippen LogP contribution in [0.5, 0.6) is 0 Å². The average molecular weight is 837 g/mol. The van der Waals surface area contributed by atoms with Crippen LogP contribution in [0.3, 0.4) is 0 Å². The van der Waals surface area contributed by atoms with Gasteiger partial charge in [-0.2, -0.15) is 0 Å². The van der Waals surface area contributed by atoms with Crippen LogP contribution < -0.4 is 0 Å². The van der Waals surface area contributed by atoms with Crippen molar-refractivity contribution in [2.24, 2.45) is 0 Å². The molecule has 4 nitrogen and oxygen atoms in total. The lowest BCUT2D eigenvalue weighted by molar-refractivity contribution is 1.11. The van der Waals surface area contributed by atoms with Crippen LogP contribution >= 0.6 is 0 Å². The zero-order chi connectivity index (χ0) is 44.0. The fourth-order valence-corrected chi connectivity index (χ4v) is 11.1. The number of hydrogen-bond donors (Lipinski definition) is 0. The summed E-state index contributed by atoms with van der Waals surface area (Å²) in [4.78, 5) is 0. The van der Waals surface area contributed by atoms with Crippen molar-refractivity contribution < 1.29 is 0 Å². The van der Waals surface area contributed by atoms with Gasteiger partial charge in [-0.1, -0.05) is 87.5 Å². The van der Waals surface area contributed by atoms with Crippen LogP contribution in [0.25, 0.3) is 110 Å². The maximum Gasteiger partial charge on any atom is 0.0784 e. The van der Waals surface area contributed by atoms with Crippen LogP contribution in [0, 0.1) is 48.5 Å². The van der Waals surface area contributed by atoms with E-state index in [-0.39, 0.29) is 0 Å². The predicted octanol–water partition coefficient (Wildman–Crippen LogP) is 16.2. The summed E-state index contributed by atoms with van der Waals surface area (Å²) in [6.45, 7) is 15.4. The summed E-state index contributed by atoms with van der Waals surface area (Å²) < 4.78 is 10.0. The van der Waals surface area contributed by atoms with E-state index in [1.54, 1.807) is 0 Å². The van der Waals surface area contributed by atoms with Crippen LogP contribution in [-0.4, -0.2) is 18.3 Å². The first-order chi connectivity index (χ1) is 31.6. The molecule has 4 aromatic heterocycles. The highest BCUT2D eigenvalue weighted by Gasteiger charge is 2.24. The summed E-state index contributed by atoms with van der Waals surface area (Å²) in [5, 5.41) is 10.0. The molecule has 0 aliphatic rings. The quantitative estimate of drug-likeness (QED) is 0.168. The Hall–Kier alpha value is -7.82. The normalized spacial score (nSPS) is 12.2. The van der Waals surface area contributed by atoms with Crippen LogP contribution in [0.15, 0.2) is 164 Å². The van der Waals surface area contributed by atoms with Gasteiger partial charge in [-0.3, -0.25) is 0 Å². The Kier molecular flexibility index (Phi) is 7.89. The van der Waals surface area contributed by atoms with E-state index in [2.05, 4.69) is 231 Å². The Morgan fingerprint density at radius 2 is 0.508 bits per heavy atom. The minimum atomic E-state index is 1.13. The molecule has 0 saturated heterocycles. The molecule has 9 aromatic carbocycles. The van der Waals surface area contributed by atoms with E-state index in [9.17, 15) is 0 Å². The molecular formula is C61H48N4. The van der Waals surface area contributed by atoms with Crippen molar-refractivity contribution in [1.29, 1.82) is 0 Å². The number of nitrogens with zero attached hydrogens (tertiary/aromatic N) is 4. The van der Waals surface area contributed by atoms with Gasteiger partial charge >= 0.3 is 0 Å². The highest BCUT2D eigenvalue weighted by molar-refractivity contribution is 6.18. The topological polar surface area (TPSA) is 19.7 Å². The Morgan fingerprint density at radius 1 is 0.215 bits per heavy atom. The third kappa shape index (κ3) is 5.50. The fraction of sp³-hybridized carbons (Fsp3) is 0.115. The maximum absolute atomic E-state index is 2.55. The second-order valence-electron chi connectivity index (χ2n) is 18.9. The SMILES string of the molecule is Cc1ccc(-n2c3ccc(C)cc3c3cc(-n4c5ccc(C)cc5c5cc(-n6c7ccc(C)cc7c7cc(C)ccc76)cc(-n6c7ccc(C)cc7c7cc(C)ccc76)c54)ccc32)cc1. The van der Waals surface area contributed by atoms with Gasteiger partial charge in [0.2, 0.25) is 0 Å². The van der Waals surface area contributed by atoms with Gasteiger partial charge < -0.3 is 18.3 Å². The highest BCUT2D eigenvalue weighted by atomic mass is 15.1. The van der Waals surface area contributed by atoms with Crippen molar-refractivity contribution in [3.63, 3.8) is 0 Å². The number of aromatic nitrogens is 4. The number of hydrogen-bond acceptors (Lipinski definition) is 0. The summed E-state index contributed by atoms with van der Waals surface area (Å²) in [7, 11) is 0. The molecule has 0 N–H and O–H groups in total. The lowest BCUT2D eigenvalue weighted by atomic mass is 10.1. The van der Waals surface area contributed by atoms with Crippen molar-refractivity contribution >= 4 is 87.2 Å². The minimum Gasteiger partial charge on any atom is -0.309 e. The highest BCUT2D eigenvalue weighted by Crippen LogP contribution is 2.44. The Labute approximate surface area is 377 Å². The van der Waals surface area contributed by atoms with E-state index < -0.39 is 0 Å². The van der Waals surface area contributed by atoms with E-state index in [4.69, 9.17) is 0 Å². The second-order valence-corrected chi connectivity index (χ2v) is 18.9. The number of benzene rings is 9. The molecule has 4 heteroatoms. The lowest BCUT2D eigenvalue weighted by Crippen LogP contribution is -2.03. The zero-order valence-electron chi connectivity index (χ0n) is 37.9. The predicted molar refractivity (Wildman–Crippen MR) is 277 cm³/mol. The minimum absolute atomic E-state index is 1.13. The smallest absolute Gasteiger partial charge is 0.0784 e. The molecule has 0 unspecified atom stereocenters. The largest absolute Gasteiger partial charge is 0.309 e. The van der Waals surface area contributed by atoms with Crippen molar-refractivity contribution in [3.8, 4) is 22.7 Å². The van der Waals surface area contributed by atoms with Crippen LogP contribution in [0.1, 0.15) is 38.9 Å². The van der Waals surface area contributed by atoms with Crippen LogP contribution in [0.2, 0.25) is 0 Å². The maximum atomic E-state index is 2.55. The molecule has 0 amide bonds. The average Bonchev–Trinajstić information content (AvgIpc) is 4.00. The molecular weight excluding hydrogens is 789 g/mol. The first-order valence-electron chi connectivity index (χ1n) is 22.8. The molecule has 312 valence electrons. The van der Waals surface area contributed by atoms with Crippen LogP contribution in [-0.2, 0) is 0 Å². The van der Waals surface area contributed by atoms with E-state index in [1.807, 2.05) is 0 Å². The van der Waals surface area contributed by atoms with Crippen molar-refractivity contribution in [2.45, 2.75) is 48.5 Å². The van der Waals surface area contributed by atoms with E-state index in [1.165, 1.54) is 132 Å². The summed E-state index contributed by atoms with van der Waals surface area (Å²) in [5.41, 5.74) is 22.9. The monoisotopic (exact) mass is 836 g/mol. The lowest BCUT2D eigenvalue weighted by Gasteiger charge is -2.18. The molecule has 0 atom stereocenters. The summed E-state index contributed by atoms with van der Waals surface area (Å²) >= 11 is 0. The summed E-state index contributed by atoms with van der Waals surface area (Å²) in [6, 6.07) is 62.6. The van der Waals surface area contributed by atoms with E-state index >= 15 is 0 Å². The third-order valence-corrected chi connectivity index (χ3v) is 14.1. The fourth-order valence-electron chi connectivity index (χ4n) is 11.1. The third-order valence-electron chi connectivity index (χ3n) is 14.1. The molecule has 0 aliphatic carbocycles. The van der Waals surface area contributed by atoms with E-state index in [0.29, 0.717) is 0 Å². The molecule has 0 bridgehead atoms.